The van der Waals surface area contributed by atoms with Crippen molar-refractivity contribution in [3.05, 3.63) is 113 Å². The largest absolute Gasteiger partial charge is 0.744 e. The van der Waals surface area contributed by atoms with Gasteiger partial charge in [0.05, 0.1) is 15.8 Å². The van der Waals surface area contributed by atoms with Crippen molar-refractivity contribution in [2.75, 3.05) is 26.2 Å². The second-order valence-electron chi connectivity index (χ2n) is 18.9. The SMILES string of the molecule is CCNC(=O)C1(C(=O)CCCCCCC(=O)NCCN2C(=O)C=CC2=O)CC(=CC=c2c3cccc4c(S(=O)(=O)[O-])ccc(c43)n2CC)C=C(C=CC2=[N+](CC)c3c(S(=O)(=O)O)cc(S(=O)(=O)O)c4cccc2c34)C1.O=S(=O)=O.O=S(=O)=O. The number of Topliss-reactive ketones (excluding diaryl/α,β-unsaturated/α-hetero) is 1. The molecule has 0 saturated carbocycles. The van der Waals surface area contributed by atoms with Crippen LogP contribution in [0.15, 0.2) is 117 Å². The van der Waals surface area contributed by atoms with Gasteiger partial charge in [0, 0.05) is 89.7 Å². The Balaban J connectivity index is 0.00000130. The zero-order chi connectivity index (χ0) is 61.4. The summed E-state index contributed by atoms with van der Waals surface area (Å²) in [7, 11) is -21.1. The molecule has 0 saturated heterocycles. The number of benzene rings is 4. The number of ketones is 1. The highest BCUT2D eigenvalue weighted by Crippen LogP contribution is 2.45. The molecule has 442 valence electrons. The fraction of sp³-hybridized carbons (Fsp3) is 0.321. The van der Waals surface area contributed by atoms with Crippen LogP contribution in [0.2, 0.25) is 0 Å². The minimum Gasteiger partial charge on any atom is -0.744 e. The van der Waals surface area contributed by atoms with Crippen LogP contribution in [-0.2, 0) is 82.1 Å². The Kier molecular flexibility index (Phi) is 20.7. The normalized spacial score (nSPS) is 16.8. The number of rotatable bonds is 21. The number of aryl methyl sites for hydroxylation is 1. The predicted octanol–water partition coefficient (Wildman–Crippen LogP) is 3.30. The van der Waals surface area contributed by atoms with E-state index >= 15 is 0 Å². The maximum atomic E-state index is 14.8. The number of unbranched alkanes of at least 4 members (excludes halogenated alkanes) is 3. The van der Waals surface area contributed by atoms with E-state index in [-0.39, 0.29) is 90.3 Å². The minimum absolute atomic E-state index is 0.00587. The number of nitrogens with one attached hydrogen (secondary N) is 2. The van der Waals surface area contributed by atoms with Crippen molar-refractivity contribution in [3.8, 4) is 0 Å². The zero-order valence-electron chi connectivity index (χ0n) is 44.6. The van der Waals surface area contributed by atoms with E-state index in [1.54, 1.807) is 67.0 Å². The highest BCUT2D eigenvalue weighted by Gasteiger charge is 2.47. The van der Waals surface area contributed by atoms with Gasteiger partial charge in [0.25, 0.3) is 21.9 Å². The Labute approximate surface area is 479 Å². The summed E-state index contributed by atoms with van der Waals surface area (Å²) in [5, 5.41) is 7.94. The molecule has 4 aromatic carbocycles. The maximum Gasteiger partial charge on any atom is 0.425 e. The summed E-state index contributed by atoms with van der Waals surface area (Å²) in [5.74, 6) is -1.97. The second-order valence-corrected chi connectivity index (χ2v) is 23.9. The van der Waals surface area contributed by atoms with E-state index in [0.29, 0.717) is 76.3 Å². The van der Waals surface area contributed by atoms with Gasteiger partial charge in [0.1, 0.15) is 32.8 Å². The number of carbonyl (C=O) groups excluding carboxylic acids is 5. The van der Waals surface area contributed by atoms with Gasteiger partial charge >= 0.3 is 31.3 Å². The summed E-state index contributed by atoms with van der Waals surface area (Å²) >= 11 is 0. The minimum atomic E-state index is -5.06. The summed E-state index contributed by atoms with van der Waals surface area (Å²) < 4.78 is 163. The first-order chi connectivity index (χ1) is 39.0. The molecule has 3 aliphatic rings. The molecule has 30 heteroatoms. The van der Waals surface area contributed by atoms with E-state index in [2.05, 4.69) is 10.6 Å². The van der Waals surface area contributed by atoms with Crippen LogP contribution < -0.4 is 16.0 Å². The van der Waals surface area contributed by atoms with Gasteiger partial charge in [-0.05, 0) is 87.9 Å². The van der Waals surface area contributed by atoms with E-state index in [0.717, 1.165) is 11.0 Å². The molecule has 4 amide bonds. The second kappa shape index (κ2) is 26.7. The molecule has 1 aromatic heterocycles. The van der Waals surface area contributed by atoms with Gasteiger partial charge < -0.3 is 19.8 Å². The number of hydrogen-bond acceptors (Lipinski definition) is 18. The lowest BCUT2D eigenvalue weighted by Gasteiger charge is -2.35. The fourth-order valence-corrected chi connectivity index (χ4v) is 12.8. The van der Waals surface area contributed by atoms with Crippen molar-refractivity contribution in [2.24, 2.45) is 5.41 Å². The summed E-state index contributed by atoms with van der Waals surface area (Å²) in [6, 6.07) is 13.3. The van der Waals surface area contributed by atoms with E-state index in [1.165, 1.54) is 24.3 Å². The summed E-state index contributed by atoms with van der Waals surface area (Å²) in [6.45, 7) is 6.32. The summed E-state index contributed by atoms with van der Waals surface area (Å²) in [6.07, 6.45) is 13.3. The average molecular weight is 1240 g/mol. The van der Waals surface area contributed by atoms with Crippen molar-refractivity contribution in [1.82, 2.24) is 20.1 Å². The van der Waals surface area contributed by atoms with Gasteiger partial charge in [0.15, 0.2) is 4.90 Å². The molecule has 1 unspecified atom stereocenters. The number of hydrogen-bond donors (Lipinski definition) is 4. The van der Waals surface area contributed by atoms with Gasteiger partial charge in [-0.3, -0.25) is 38.0 Å². The van der Waals surface area contributed by atoms with Gasteiger partial charge in [0.2, 0.25) is 23.2 Å². The average Bonchev–Trinajstić information content (AvgIpc) is 2.18. The molecule has 4 N–H and O–H groups in total. The maximum absolute atomic E-state index is 14.8. The third kappa shape index (κ3) is 14.7. The molecule has 25 nitrogen and oxygen atoms in total. The lowest BCUT2D eigenvalue weighted by atomic mass is 9.67. The lowest BCUT2D eigenvalue weighted by molar-refractivity contribution is -0.433. The predicted molar refractivity (Wildman–Crippen MR) is 298 cm³/mol. The molecule has 0 spiro atoms. The fourth-order valence-electron chi connectivity index (χ4n) is 10.6. The van der Waals surface area contributed by atoms with Crippen molar-refractivity contribution in [3.63, 3.8) is 0 Å². The Morgan fingerprint density at radius 1 is 0.723 bits per heavy atom. The third-order valence-electron chi connectivity index (χ3n) is 13.9. The highest BCUT2D eigenvalue weighted by molar-refractivity contribution is 7.87. The van der Waals surface area contributed by atoms with Crippen molar-refractivity contribution in [1.29, 1.82) is 0 Å². The Bertz CT molecular complexity index is 4280. The zero-order valence-corrected chi connectivity index (χ0v) is 48.6. The number of allylic oxidation sites excluding steroid dienone is 6. The molecular weight excluding hydrogens is 1190 g/mol. The molecule has 1 atom stereocenters. The molecule has 0 bridgehead atoms. The van der Waals surface area contributed by atoms with Crippen molar-refractivity contribution < 1.29 is 92.7 Å². The molecule has 1 aliphatic carbocycles. The van der Waals surface area contributed by atoms with Crippen LogP contribution in [0.25, 0.3) is 38.5 Å². The van der Waals surface area contributed by atoms with Crippen molar-refractivity contribution in [2.45, 2.75) is 93.4 Å². The number of nitrogens with zero attached hydrogens (tertiary/aromatic N) is 3. The molecule has 2 aliphatic heterocycles. The number of carbonyl (C=O) groups is 5. The number of imide groups is 1. The van der Waals surface area contributed by atoms with E-state index in [1.807, 2.05) is 29.7 Å². The Morgan fingerprint density at radius 3 is 1.89 bits per heavy atom. The quantitative estimate of drug-likeness (QED) is 0.0269. The van der Waals surface area contributed by atoms with Crippen LogP contribution in [0.4, 0.5) is 5.69 Å². The van der Waals surface area contributed by atoms with Crippen LogP contribution in [0.3, 0.4) is 0 Å². The molecule has 5 aromatic rings. The third-order valence-corrected chi connectivity index (χ3v) is 16.6. The molecule has 8 rings (SSSR count). The molecule has 3 heterocycles. The Morgan fingerprint density at radius 2 is 1.31 bits per heavy atom. The Hall–Kier alpha value is -7.71. The highest BCUT2D eigenvalue weighted by atomic mass is 32.2. The lowest BCUT2D eigenvalue weighted by Crippen LogP contribution is -2.48. The van der Waals surface area contributed by atoms with Crippen LogP contribution in [0.5, 0.6) is 0 Å². The van der Waals surface area contributed by atoms with Gasteiger partial charge in [-0.1, -0.05) is 61.4 Å². The topological polar surface area (TPSA) is 389 Å². The first kappa shape index (κ1) is 64.5. The molecule has 83 heavy (non-hydrogen) atoms. The molecular formula is C53H55N5O20S5. The van der Waals surface area contributed by atoms with Crippen LogP contribution in [-0.4, -0.2) is 140 Å². The van der Waals surface area contributed by atoms with Gasteiger partial charge in [-0.15, -0.1) is 25.3 Å². The van der Waals surface area contributed by atoms with Crippen LogP contribution in [0.1, 0.15) is 77.7 Å². The number of aromatic nitrogens is 1. The van der Waals surface area contributed by atoms with E-state index < -0.39 is 84.5 Å². The number of amides is 4. The van der Waals surface area contributed by atoms with Gasteiger partial charge in [-0.2, -0.15) is 21.4 Å². The standard InChI is InChI=1S/C53H55N5O14S3.2O3S/c1-4-54-52(63)53(45(59)17-9-7-8-10-18-46(60)55-27-28-58-47(61)25-26-48(58)62)31-33(19-21-39-35-13-11-15-37-42(73(64,65)66)24-23-41(49(35)37)56(39)5-2)29-34(32-53)20-22-40-36-14-12-16-38-43(74(67,68)69)30-44(75(70,71)72)51(50(36)38)57(40)6-3;2*1-4(2)3/h11-16,19-26,29-30H,4-10,17-18,27-28,31-32H2,1-3H3,(H4-,54,55,60,63,64,65,66,67,68,69,70,71,72);;. The van der Waals surface area contributed by atoms with E-state index in [9.17, 15) is 62.9 Å². The van der Waals surface area contributed by atoms with Gasteiger partial charge in [-0.25, -0.2) is 8.42 Å². The smallest absolute Gasteiger partial charge is 0.425 e. The summed E-state index contributed by atoms with van der Waals surface area (Å²) in [4.78, 5) is 64.8. The first-order valence-electron chi connectivity index (χ1n) is 25.4. The van der Waals surface area contributed by atoms with Crippen LogP contribution in [0, 0.1) is 5.41 Å². The molecule has 0 radical (unpaired) electrons. The van der Waals surface area contributed by atoms with Crippen LogP contribution >= 0.6 is 0 Å². The molecule has 0 fully saturated rings. The summed E-state index contributed by atoms with van der Waals surface area (Å²) in [5.41, 5.74) is 0.894. The van der Waals surface area contributed by atoms with Crippen molar-refractivity contribution >= 4 is 131 Å². The first-order valence-corrected chi connectivity index (χ1v) is 31.7. The monoisotopic (exact) mass is 1240 g/mol. The van der Waals surface area contributed by atoms with E-state index in [4.69, 9.17) is 25.3 Å².